The van der Waals surface area contributed by atoms with Crippen molar-refractivity contribution in [2.75, 3.05) is 0 Å². The molecule has 7 nitrogen and oxygen atoms in total. The lowest BCUT2D eigenvalue weighted by molar-refractivity contribution is -0.116. The zero-order chi connectivity index (χ0) is 23.0. The summed E-state index contributed by atoms with van der Waals surface area (Å²) in [7, 11) is 1.76. The maximum atomic E-state index is 14.2. The monoisotopic (exact) mass is 450 g/mol. The number of fused-ring (bicyclic) bond motifs is 1. The van der Waals surface area contributed by atoms with Crippen LogP contribution in [0.5, 0.6) is 0 Å². The lowest BCUT2D eigenvalue weighted by Gasteiger charge is -2.46. The molecule has 9 heteroatoms. The second-order valence-electron chi connectivity index (χ2n) is 9.43. The number of pyridine rings is 1. The molecule has 1 aromatic carbocycles. The van der Waals surface area contributed by atoms with Crippen LogP contribution in [-0.2, 0) is 19.0 Å². The van der Waals surface area contributed by atoms with Crippen molar-refractivity contribution >= 4 is 10.9 Å². The van der Waals surface area contributed by atoms with Crippen molar-refractivity contribution in [3.63, 3.8) is 0 Å². The number of alkyl halides is 2. The Hall–Kier alpha value is -3.33. The number of nitrogens with zero attached hydrogens (tertiary/aromatic N) is 4. The van der Waals surface area contributed by atoms with Gasteiger partial charge in [0.05, 0.1) is 5.41 Å². The molecule has 0 aliphatic heterocycles. The summed E-state index contributed by atoms with van der Waals surface area (Å²) in [6, 6.07) is 9.28. The highest BCUT2D eigenvalue weighted by Crippen LogP contribution is 2.56. The van der Waals surface area contributed by atoms with Crippen LogP contribution < -0.4 is 11.3 Å². The fourth-order valence-electron chi connectivity index (χ4n) is 5.31. The first-order chi connectivity index (χ1) is 15.8. The van der Waals surface area contributed by atoms with Crippen molar-refractivity contribution in [1.29, 1.82) is 0 Å². The molecule has 0 unspecified atom stereocenters. The summed E-state index contributed by atoms with van der Waals surface area (Å²) in [4.78, 5) is 16.6. The maximum Gasteiger partial charge on any atom is 0.279 e. The third-order valence-corrected chi connectivity index (χ3v) is 7.06. The van der Waals surface area contributed by atoms with Crippen LogP contribution in [0.25, 0.3) is 16.6 Å². The minimum Gasteiger partial charge on any atom is -0.353 e. The molecule has 0 atom stereocenters. The number of nitrogens with one attached hydrogen (secondary N) is 1. The summed E-state index contributed by atoms with van der Waals surface area (Å²) < 4.78 is 31.6. The van der Waals surface area contributed by atoms with Gasteiger partial charge in [-0.1, -0.05) is 12.1 Å². The second-order valence-corrected chi connectivity index (χ2v) is 9.43. The summed E-state index contributed by atoms with van der Waals surface area (Å²) in [6.07, 6.45) is 4.92. The van der Waals surface area contributed by atoms with E-state index in [1.165, 1.54) is 6.33 Å². The highest BCUT2D eigenvalue weighted by molar-refractivity contribution is 5.84. The van der Waals surface area contributed by atoms with Gasteiger partial charge in [0.1, 0.15) is 17.7 Å². The smallest absolute Gasteiger partial charge is 0.279 e. The molecule has 4 aromatic rings. The molecule has 2 fully saturated rings. The molecule has 3 heterocycles. The minimum absolute atomic E-state index is 0.183. The number of hydrogen-bond acceptors (Lipinski definition) is 4. The molecule has 0 spiro atoms. The molecular formula is C24H24F2N6O. The Bertz CT molecular complexity index is 1440. The summed E-state index contributed by atoms with van der Waals surface area (Å²) in [6.45, 7) is 0.322. The van der Waals surface area contributed by atoms with Crippen molar-refractivity contribution in [3.05, 3.63) is 75.9 Å². The van der Waals surface area contributed by atoms with E-state index in [-0.39, 0.29) is 18.4 Å². The first-order valence-electron chi connectivity index (χ1n) is 11.1. The SMILES string of the molecule is Cn1cnnc1C1(c2cccc(-n3cc(C4CC4)c4cc(CN)[nH]c4c3=O)c2)CC(F)(F)C1. The Morgan fingerprint density at radius 1 is 1.24 bits per heavy atom. The lowest BCUT2D eigenvalue weighted by Crippen LogP contribution is -2.51. The summed E-state index contributed by atoms with van der Waals surface area (Å²) in [5.41, 5.74) is 8.49. The third kappa shape index (κ3) is 3.06. The van der Waals surface area contributed by atoms with Gasteiger partial charge in [0.25, 0.3) is 11.5 Å². The van der Waals surface area contributed by atoms with Crippen LogP contribution in [0, 0.1) is 0 Å². The normalized spacial score (nSPS) is 19.0. The summed E-state index contributed by atoms with van der Waals surface area (Å²) in [5.74, 6) is -1.84. The molecule has 0 radical (unpaired) electrons. The molecule has 0 amide bonds. The van der Waals surface area contributed by atoms with Crippen LogP contribution in [0.15, 0.2) is 47.7 Å². The van der Waals surface area contributed by atoms with Gasteiger partial charge in [0, 0.05) is 49.4 Å². The van der Waals surface area contributed by atoms with Gasteiger partial charge in [-0.3, -0.25) is 9.36 Å². The Labute approximate surface area is 188 Å². The number of nitrogens with two attached hydrogens (primary N) is 1. The van der Waals surface area contributed by atoms with E-state index in [1.54, 1.807) is 16.2 Å². The fraction of sp³-hybridized carbons (Fsp3) is 0.375. The van der Waals surface area contributed by atoms with Crippen molar-refractivity contribution in [2.24, 2.45) is 12.8 Å². The van der Waals surface area contributed by atoms with Gasteiger partial charge in [0.15, 0.2) is 0 Å². The molecule has 2 saturated carbocycles. The van der Waals surface area contributed by atoms with Crippen LogP contribution in [0.4, 0.5) is 8.78 Å². The second kappa shape index (κ2) is 6.84. The van der Waals surface area contributed by atoms with Crippen molar-refractivity contribution in [1.82, 2.24) is 24.3 Å². The largest absolute Gasteiger partial charge is 0.353 e. The van der Waals surface area contributed by atoms with Gasteiger partial charge in [-0.25, -0.2) is 8.78 Å². The van der Waals surface area contributed by atoms with Crippen molar-refractivity contribution < 1.29 is 8.78 Å². The number of aromatic nitrogens is 5. The first-order valence-corrected chi connectivity index (χ1v) is 11.1. The van der Waals surface area contributed by atoms with Gasteiger partial charge in [-0.2, -0.15) is 0 Å². The molecule has 170 valence electrons. The van der Waals surface area contributed by atoms with E-state index in [9.17, 15) is 13.6 Å². The molecule has 0 saturated heterocycles. The zero-order valence-corrected chi connectivity index (χ0v) is 18.2. The molecule has 6 rings (SSSR count). The van der Waals surface area contributed by atoms with Gasteiger partial charge in [-0.05, 0) is 48.1 Å². The number of aryl methyl sites for hydroxylation is 1. The van der Waals surface area contributed by atoms with Gasteiger partial charge in [0.2, 0.25) is 0 Å². The standard InChI is InChI=1S/C24H24F2N6O/c1-31-13-28-30-22(31)23(11-24(25,26)12-23)15-3-2-4-17(7-15)32-10-19(14-5-6-14)18-8-16(9-27)29-20(18)21(32)33/h2-4,7-8,10,13-14,29H,5-6,9,11-12,27H2,1H3. The number of benzene rings is 1. The van der Waals surface area contributed by atoms with Gasteiger partial charge >= 0.3 is 0 Å². The van der Waals surface area contributed by atoms with Gasteiger partial charge < -0.3 is 15.3 Å². The molecule has 3 N–H and O–H groups in total. The van der Waals surface area contributed by atoms with E-state index in [4.69, 9.17) is 5.73 Å². The Kier molecular flexibility index (Phi) is 4.20. The molecule has 2 aliphatic rings. The van der Waals surface area contributed by atoms with E-state index >= 15 is 0 Å². The summed E-state index contributed by atoms with van der Waals surface area (Å²) >= 11 is 0. The molecule has 3 aromatic heterocycles. The Morgan fingerprint density at radius 2 is 2.03 bits per heavy atom. The van der Waals surface area contributed by atoms with E-state index in [0.717, 1.165) is 29.5 Å². The van der Waals surface area contributed by atoms with E-state index < -0.39 is 11.3 Å². The first kappa shape index (κ1) is 20.3. The predicted octanol–water partition coefficient (Wildman–Crippen LogP) is 3.50. The van der Waals surface area contributed by atoms with Crippen molar-refractivity contribution in [3.8, 4) is 5.69 Å². The number of rotatable bonds is 5. The zero-order valence-electron chi connectivity index (χ0n) is 18.2. The molecule has 0 bridgehead atoms. The number of halogens is 2. The van der Waals surface area contributed by atoms with Crippen molar-refractivity contribution in [2.45, 2.75) is 49.5 Å². The molecule has 2 aliphatic carbocycles. The quantitative estimate of drug-likeness (QED) is 0.487. The number of hydrogen-bond donors (Lipinski definition) is 2. The highest BCUT2D eigenvalue weighted by atomic mass is 19.3. The Morgan fingerprint density at radius 3 is 2.67 bits per heavy atom. The third-order valence-electron chi connectivity index (χ3n) is 7.06. The van der Waals surface area contributed by atoms with E-state index in [1.807, 2.05) is 36.5 Å². The number of H-pyrrole nitrogens is 1. The van der Waals surface area contributed by atoms with E-state index in [2.05, 4.69) is 15.2 Å². The van der Waals surface area contributed by atoms with Crippen LogP contribution in [0.2, 0.25) is 0 Å². The van der Waals surface area contributed by atoms with Crippen LogP contribution in [-0.4, -0.2) is 30.2 Å². The van der Waals surface area contributed by atoms with Gasteiger partial charge in [-0.15, -0.1) is 10.2 Å². The van der Waals surface area contributed by atoms with Crippen LogP contribution in [0.3, 0.4) is 0 Å². The topological polar surface area (TPSA) is 94.5 Å². The average molecular weight is 450 g/mol. The van der Waals surface area contributed by atoms with E-state index in [0.29, 0.717) is 35.1 Å². The predicted molar refractivity (Wildman–Crippen MR) is 120 cm³/mol. The highest BCUT2D eigenvalue weighted by Gasteiger charge is 2.60. The fourth-order valence-corrected chi connectivity index (χ4v) is 5.31. The number of aromatic amines is 1. The molecule has 33 heavy (non-hydrogen) atoms. The van der Waals surface area contributed by atoms with Crippen LogP contribution >= 0.6 is 0 Å². The Balaban J connectivity index is 1.52. The van der Waals surface area contributed by atoms with Crippen LogP contribution in [0.1, 0.15) is 54.2 Å². The minimum atomic E-state index is -2.76. The summed E-state index contributed by atoms with van der Waals surface area (Å²) in [5, 5.41) is 9.00. The lowest BCUT2D eigenvalue weighted by atomic mass is 9.61. The molecular weight excluding hydrogens is 426 g/mol. The maximum absolute atomic E-state index is 14.2. The average Bonchev–Trinajstić information content (AvgIpc) is 3.37.